The minimum Gasteiger partial charge on any atom is -0.463 e. The van der Waals surface area contributed by atoms with Crippen LogP contribution in [-0.2, 0) is 15.3 Å². The van der Waals surface area contributed by atoms with Crippen molar-refractivity contribution in [3.05, 3.63) is 79.9 Å². The van der Waals surface area contributed by atoms with Crippen LogP contribution in [0.4, 0.5) is 5.95 Å². The van der Waals surface area contributed by atoms with E-state index >= 15 is 0 Å². The van der Waals surface area contributed by atoms with Crippen molar-refractivity contribution in [1.82, 2.24) is 14.8 Å². The first-order chi connectivity index (χ1) is 15.4. The van der Waals surface area contributed by atoms with E-state index in [0.29, 0.717) is 48.8 Å². The van der Waals surface area contributed by atoms with Crippen LogP contribution in [0, 0.1) is 0 Å². The van der Waals surface area contributed by atoms with E-state index in [1.54, 1.807) is 36.7 Å². The lowest BCUT2D eigenvalue weighted by Crippen LogP contribution is -2.30. The van der Waals surface area contributed by atoms with Gasteiger partial charge in [0.15, 0.2) is 0 Å². The minimum absolute atomic E-state index is 0.238. The van der Waals surface area contributed by atoms with Crippen LogP contribution in [0.1, 0.15) is 31.0 Å². The fourth-order valence-corrected chi connectivity index (χ4v) is 5.18. The molecule has 10 heteroatoms. The molecule has 0 fully saturated rings. The summed E-state index contributed by atoms with van der Waals surface area (Å²) in [4.78, 5) is 17.5. The van der Waals surface area contributed by atoms with E-state index in [2.05, 4.69) is 15.4 Å². The zero-order valence-corrected chi connectivity index (χ0v) is 20.3. The van der Waals surface area contributed by atoms with Crippen LogP contribution in [0.25, 0.3) is 0 Å². The fraction of sp³-hybridized carbons (Fsp3) is 0.227. The van der Waals surface area contributed by atoms with E-state index in [0.717, 1.165) is 5.56 Å². The number of ether oxygens (including phenoxy) is 1. The summed E-state index contributed by atoms with van der Waals surface area (Å²) in [5, 5.41) is 9.88. The lowest BCUT2D eigenvalue weighted by atomic mass is 9.95. The average Bonchev–Trinajstić information content (AvgIpc) is 3.15. The molecule has 32 heavy (non-hydrogen) atoms. The maximum absolute atomic E-state index is 12.9. The van der Waals surface area contributed by atoms with E-state index < -0.39 is 12.0 Å². The third kappa shape index (κ3) is 4.48. The van der Waals surface area contributed by atoms with Crippen LogP contribution in [0.3, 0.4) is 0 Å². The summed E-state index contributed by atoms with van der Waals surface area (Å²) in [7, 11) is 0. The van der Waals surface area contributed by atoms with Crippen molar-refractivity contribution in [3.8, 4) is 0 Å². The number of rotatable bonds is 6. The second kappa shape index (κ2) is 9.75. The van der Waals surface area contributed by atoms with E-state index in [1.807, 2.05) is 24.3 Å². The molecule has 1 aliphatic heterocycles. The van der Waals surface area contributed by atoms with E-state index in [-0.39, 0.29) is 6.61 Å². The summed E-state index contributed by atoms with van der Waals surface area (Å²) in [5.74, 6) is 0.612. The molecule has 0 bridgehead atoms. The van der Waals surface area contributed by atoms with Gasteiger partial charge in [-0.25, -0.2) is 9.48 Å². The van der Waals surface area contributed by atoms with Crippen molar-refractivity contribution < 1.29 is 9.53 Å². The monoisotopic (exact) mass is 508 g/mol. The Kier molecular flexibility index (Phi) is 7.00. The van der Waals surface area contributed by atoms with E-state index in [9.17, 15) is 4.79 Å². The van der Waals surface area contributed by atoms with Crippen molar-refractivity contribution in [2.75, 3.05) is 11.9 Å². The molecular weight excluding hydrogens is 491 g/mol. The molecule has 0 radical (unpaired) electrons. The van der Waals surface area contributed by atoms with Gasteiger partial charge in [0, 0.05) is 32.1 Å². The molecule has 0 spiro atoms. The molecule has 1 aromatic heterocycles. The number of benzene rings is 2. The first kappa shape index (κ1) is 23.0. The summed E-state index contributed by atoms with van der Waals surface area (Å²) >= 11 is 20.8. The highest BCUT2D eigenvalue weighted by Gasteiger charge is 2.37. The van der Waals surface area contributed by atoms with Gasteiger partial charge in [0.05, 0.1) is 12.2 Å². The number of anilines is 1. The van der Waals surface area contributed by atoms with Crippen LogP contribution in [0.5, 0.6) is 0 Å². The Hall–Kier alpha value is -2.19. The number of carbonyl (C=O) groups excluding carboxylic acids is 1. The second-order valence-corrected chi connectivity index (χ2v) is 9.13. The molecular formula is C22H19Cl3N4O2S. The Morgan fingerprint density at radius 1 is 1.12 bits per heavy atom. The molecule has 2 heterocycles. The van der Waals surface area contributed by atoms with Crippen molar-refractivity contribution >= 4 is 58.5 Å². The molecule has 2 aromatic carbocycles. The number of thioether (sulfide) groups is 1. The van der Waals surface area contributed by atoms with Gasteiger partial charge in [-0.1, -0.05) is 70.8 Å². The molecule has 0 saturated heterocycles. The number of nitrogens with zero attached hydrogens (tertiary/aromatic N) is 3. The van der Waals surface area contributed by atoms with Crippen LogP contribution >= 0.6 is 46.6 Å². The molecule has 1 N–H and O–H groups in total. The van der Waals surface area contributed by atoms with Gasteiger partial charge in [0.25, 0.3) is 0 Å². The first-order valence-corrected chi connectivity index (χ1v) is 11.9. The van der Waals surface area contributed by atoms with Gasteiger partial charge < -0.3 is 10.1 Å². The van der Waals surface area contributed by atoms with Gasteiger partial charge in [-0.05, 0) is 37.6 Å². The van der Waals surface area contributed by atoms with Gasteiger partial charge in [-0.2, -0.15) is 4.98 Å². The van der Waals surface area contributed by atoms with Gasteiger partial charge in [0.2, 0.25) is 11.1 Å². The minimum atomic E-state index is -0.686. The molecule has 0 saturated carbocycles. The number of fused-ring (bicyclic) bond motifs is 1. The molecule has 1 atom stereocenters. The third-order valence-corrected chi connectivity index (χ3v) is 6.83. The first-order valence-electron chi connectivity index (χ1n) is 9.82. The maximum Gasteiger partial charge on any atom is 0.338 e. The lowest BCUT2D eigenvalue weighted by molar-refractivity contribution is -0.139. The Morgan fingerprint density at radius 3 is 2.50 bits per heavy atom. The Bertz CT molecular complexity index is 1190. The number of halogens is 3. The summed E-state index contributed by atoms with van der Waals surface area (Å²) in [5.41, 5.74) is 2.52. The van der Waals surface area contributed by atoms with Crippen molar-refractivity contribution in [3.63, 3.8) is 0 Å². The highest BCUT2D eigenvalue weighted by atomic mass is 35.5. The zero-order valence-electron chi connectivity index (χ0n) is 17.2. The summed E-state index contributed by atoms with van der Waals surface area (Å²) in [6, 6.07) is 12.1. The number of nitrogens with one attached hydrogen (secondary N) is 1. The quantitative estimate of drug-likeness (QED) is 0.307. The molecule has 0 aliphatic carbocycles. The van der Waals surface area contributed by atoms with Crippen LogP contribution in [-0.4, -0.2) is 27.3 Å². The van der Waals surface area contributed by atoms with Crippen molar-refractivity contribution in [2.45, 2.75) is 30.8 Å². The van der Waals surface area contributed by atoms with Crippen molar-refractivity contribution in [1.29, 1.82) is 0 Å². The maximum atomic E-state index is 12.9. The predicted octanol–water partition coefficient (Wildman–Crippen LogP) is 6.38. The number of allylic oxidation sites excluding steroid dienone is 1. The number of aromatic nitrogens is 3. The second-order valence-electron chi connectivity index (χ2n) is 6.96. The van der Waals surface area contributed by atoms with Crippen LogP contribution < -0.4 is 5.32 Å². The topological polar surface area (TPSA) is 69.0 Å². The Labute approximate surface area is 204 Å². The molecule has 0 amide bonds. The SMILES string of the molecule is CCOC(=O)C1=C(C)Nc2nc(SCc3ccccc3Cl)nn2C1c1c(Cl)cccc1Cl. The molecule has 1 unspecified atom stereocenters. The highest BCUT2D eigenvalue weighted by molar-refractivity contribution is 7.98. The highest BCUT2D eigenvalue weighted by Crippen LogP contribution is 2.42. The molecule has 166 valence electrons. The lowest BCUT2D eigenvalue weighted by Gasteiger charge is -2.29. The summed E-state index contributed by atoms with van der Waals surface area (Å²) in [6.45, 7) is 3.78. The van der Waals surface area contributed by atoms with Crippen molar-refractivity contribution in [2.24, 2.45) is 0 Å². The number of hydrogen-bond acceptors (Lipinski definition) is 6. The summed E-state index contributed by atoms with van der Waals surface area (Å²) in [6.07, 6.45) is 0. The Morgan fingerprint density at radius 2 is 1.81 bits per heavy atom. The van der Waals surface area contributed by atoms with E-state index in [4.69, 9.17) is 39.5 Å². The van der Waals surface area contributed by atoms with Crippen LogP contribution in [0.15, 0.2) is 58.9 Å². The zero-order chi connectivity index (χ0) is 22.8. The molecule has 4 rings (SSSR count). The smallest absolute Gasteiger partial charge is 0.338 e. The van der Waals surface area contributed by atoms with Crippen LogP contribution in [0.2, 0.25) is 15.1 Å². The summed E-state index contributed by atoms with van der Waals surface area (Å²) < 4.78 is 6.95. The molecule has 6 nitrogen and oxygen atoms in total. The van der Waals surface area contributed by atoms with Gasteiger partial charge >= 0.3 is 5.97 Å². The number of esters is 1. The largest absolute Gasteiger partial charge is 0.463 e. The number of hydrogen-bond donors (Lipinski definition) is 1. The molecule has 3 aromatic rings. The van der Waals surface area contributed by atoms with Gasteiger partial charge in [-0.15, -0.1) is 5.10 Å². The molecule has 1 aliphatic rings. The Balaban J connectivity index is 1.76. The standard InChI is InChI=1S/C22H19Cl3N4O2S/c1-3-31-20(30)17-12(2)26-21-27-22(32-11-13-7-4-5-8-14(13)23)28-29(21)19(17)18-15(24)9-6-10-16(18)25/h4-10,19H,3,11H2,1-2H3,(H,26,27,28). The number of carbonyl (C=O) groups is 1. The predicted molar refractivity (Wildman–Crippen MR) is 129 cm³/mol. The van der Waals surface area contributed by atoms with Gasteiger partial charge in [0.1, 0.15) is 6.04 Å². The van der Waals surface area contributed by atoms with Gasteiger partial charge in [-0.3, -0.25) is 0 Å². The normalized spacial score (nSPS) is 15.3. The van der Waals surface area contributed by atoms with E-state index in [1.165, 1.54) is 11.8 Å². The average molecular weight is 510 g/mol. The third-order valence-electron chi connectivity index (χ3n) is 4.92. The fourth-order valence-electron chi connectivity index (χ4n) is 3.46.